The zero-order valence-electron chi connectivity index (χ0n) is 16.8. The predicted molar refractivity (Wildman–Crippen MR) is 117 cm³/mol. The average Bonchev–Trinajstić information content (AvgIpc) is 3.34. The van der Waals surface area contributed by atoms with Crippen LogP contribution in [0.2, 0.25) is 0 Å². The zero-order valence-corrected chi connectivity index (χ0v) is 18.5. The van der Waals surface area contributed by atoms with Crippen molar-refractivity contribution in [1.29, 1.82) is 0 Å². The van der Waals surface area contributed by atoms with Crippen LogP contribution in [0, 0.1) is 5.92 Å². The number of aromatic nitrogens is 3. The fourth-order valence-electron chi connectivity index (χ4n) is 3.39. The van der Waals surface area contributed by atoms with Crippen LogP contribution in [0.3, 0.4) is 0 Å². The maximum atomic E-state index is 12.6. The Kier molecular flexibility index (Phi) is 5.76. The van der Waals surface area contributed by atoms with Gasteiger partial charge in [-0.25, -0.2) is 13.4 Å². The second kappa shape index (κ2) is 8.32. The molecule has 0 unspecified atom stereocenters. The molecule has 1 aromatic carbocycles. The molecule has 2 N–H and O–H groups in total. The van der Waals surface area contributed by atoms with E-state index in [9.17, 15) is 13.2 Å². The van der Waals surface area contributed by atoms with Crippen LogP contribution in [0.15, 0.2) is 35.5 Å². The number of likely N-dealkylation sites (tertiary alicyclic amines) is 1. The number of amides is 1. The van der Waals surface area contributed by atoms with E-state index in [0.717, 1.165) is 30.6 Å². The lowest BCUT2D eigenvalue weighted by Gasteiger charge is -2.27. The minimum absolute atomic E-state index is 0.000352. The fraction of sp³-hybridized carbons (Fsp3) is 0.421. The molecule has 11 heteroatoms. The quantitative estimate of drug-likeness (QED) is 0.600. The molecular formula is C19H24N6O3S2. The molecule has 160 valence electrons. The van der Waals surface area contributed by atoms with Crippen LogP contribution in [0.1, 0.15) is 19.8 Å². The number of aryl methyl sites for hydroxylation is 1. The molecule has 0 bridgehead atoms. The molecule has 1 aliphatic rings. The van der Waals surface area contributed by atoms with Crippen molar-refractivity contribution in [3.63, 3.8) is 0 Å². The molecule has 3 heterocycles. The summed E-state index contributed by atoms with van der Waals surface area (Å²) in [7, 11) is -1.67. The van der Waals surface area contributed by atoms with Crippen molar-refractivity contribution in [1.82, 2.24) is 19.7 Å². The molecule has 30 heavy (non-hydrogen) atoms. The molecule has 0 atom stereocenters. The summed E-state index contributed by atoms with van der Waals surface area (Å²) in [5.41, 5.74) is 1.14. The molecule has 1 amide bonds. The number of benzene rings is 1. The summed E-state index contributed by atoms with van der Waals surface area (Å²) in [6.07, 6.45) is 4.50. The number of rotatable bonds is 6. The van der Waals surface area contributed by atoms with Crippen LogP contribution in [0.25, 0.3) is 10.2 Å². The van der Waals surface area contributed by atoms with E-state index in [-0.39, 0.29) is 16.7 Å². The number of carbonyl (C=O) groups excluding carboxylic acids is 1. The van der Waals surface area contributed by atoms with Crippen molar-refractivity contribution in [3.05, 3.63) is 30.6 Å². The highest BCUT2D eigenvalue weighted by Gasteiger charge is 2.24. The Hall–Kier alpha value is -2.50. The third-order valence-electron chi connectivity index (χ3n) is 5.20. The Labute approximate surface area is 179 Å². The number of nitrogens with one attached hydrogen (secondary N) is 2. The van der Waals surface area contributed by atoms with Crippen molar-refractivity contribution in [2.75, 3.05) is 30.2 Å². The summed E-state index contributed by atoms with van der Waals surface area (Å²) >= 11 is 1.33. The van der Waals surface area contributed by atoms with E-state index in [1.165, 1.54) is 23.7 Å². The molecule has 3 aromatic rings. The van der Waals surface area contributed by atoms with Crippen molar-refractivity contribution < 1.29 is 13.2 Å². The van der Waals surface area contributed by atoms with Gasteiger partial charge in [-0.2, -0.15) is 5.10 Å². The number of anilines is 2. The van der Waals surface area contributed by atoms with Gasteiger partial charge in [0.15, 0.2) is 5.13 Å². The van der Waals surface area contributed by atoms with Crippen molar-refractivity contribution >= 4 is 48.3 Å². The summed E-state index contributed by atoms with van der Waals surface area (Å²) in [6.45, 7) is 4.31. The summed E-state index contributed by atoms with van der Waals surface area (Å²) in [5.74, 6) is -0.00404. The van der Waals surface area contributed by atoms with Crippen molar-refractivity contribution in [2.45, 2.75) is 31.2 Å². The third-order valence-corrected chi connectivity index (χ3v) is 7.47. The summed E-state index contributed by atoms with van der Waals surface area (Å²) in [5, 5.41) is 7.46. The molecule has 1 fully saturated rings. The van der Waals surface area contributed by atoms with Crippen LogP contribution < -0.4 is 10.0 Å². The minimum Gasteiger partial charge on any atom is -0.306 e. The van der Waals surface area contributed by atoms with E-state index in [2.05, 4.69) is 32.1 Å². The van der Waals surface area contributed by atoms with Crippen molar-refractivity contribution in [3.8, 4) is 0 Å². The number of thiazole rings is 1. The van der Waals surface area contributed by atoms with E-state index in [1.54, 1.807) is 22.9 Å². The van der Waals surface area contributed by atoms with E-state index in [1.807, 2.05) is 6.92 Å². The predicted octanol–water partition coefficient (Wildman–Crippen LogP) is 2.59. The van der Waals surface area contributed by atoms with Crippen LogP contribution in [-0.2, 0) is 21.4 Å². The number of nitrogens with zero attached hydrogens (tertiary/aromatic N) is 4. The van der Waals surface area contributed by atoms with E-state index < -0.39 is 10.0 Å². The SMILES string of the molecule is CCn1cc(S(=O)(=O)Nc2ccc3nc(NC(=O)C4CCN(C)CC4)sc3c2)cn1. The Morgan fingerprint density at radius 3 is 2.77 bits per heavy atom. The van der Waals surface area contributed by atoms with Gasteiger partial charge in [-0.15, -0.1) is 0 Å². The van der Waals surface area contributed by atoms with Gasteiger partial charge < -0.3 is 10.2 Å². The first-order valence-corrected chi connectivity index (χ1v) is 12.1. The third kappa shape index (κ3) is 4.47. The molecule has 0 spiro atoms. The Morgan fingerprint density at radius 1 is 1.30 bits per heavy atom. The highest BCUT2D eigenvalue weighted by molar-refractivity contribution is 7.92. The maximum Gasteiger partial charge on any atom is 0.265 e. The number of carbonyl (C=O) groups is 1. The number of fused-ring (bicyclic) bond motifs is 1. The van der Waals surface area contributed by atoms with E-state index in [4.69, 9.17) is 0 Å². The van der Waals surface area contributed by atoms with E-state index in [0.29, 0.717) is 22.9 Å². The lowest BCUT2D eigenvalue weighted by Crippen LogP contribution is -2.35. The smallest absolute Gasteiger partial charge is 0.265 e. The van der Waals surface area contributed by atoms with Crippen LogP contribution >= 0.6 is 11.3 Å². The second-order valence-corrected chi connectivity index (χ2v) is 10.1. The van der Waals surface area contributed by atoms with Gasteiger partial charge in [-0.05, 0) is 58.1 Å². The molecule has 9 nitrogen and oxygen atoms in total. The highest BCUT2D eigenvalue weighted by atomic mass is 32.2. The number of hydrogen-bond acceptors (Lipinski definition) is 7. The molecule has 4 rings (SSSR count). The van der Waals surface area contributed by atoms with Gasteiger partial charge in [0, 0.05) is 18.7 Å². The average molecular weight is 449 g/mol. The normalized spacial score (nSPS) is 16.1. The molecule has 0 aliphatic carbocycles. The number of sulfonamides is 1. The standard InChI is InChI=1S/C19H24N6O3S2/c1-3-25-12-15(11-20-25)30(27,28)23-14-4-5-16-17(10-14)29-19(21-16)22-18(26)13-6-8-24(2)9-7-13/h4-5,10-13,23H,3,6-9H2,1-2H3,(H,21,22,26). The summed E-state index contributed by atoms with van der Waals surface area (Å²) in [4.78, 5) is 19.3. The van der Waals surface area contributed by atoms with Gasteiger partial charge in [0.05, 0.1) is 22.1 Å². The Balaban J connectivity index is 1.47. The van der Waals surface area contributed by atoms with Gasteiger partial charge in [0.2, 0.25) is 5.91 Å². The van der Waals surface area contributed by atoms with Crippen molar-refractivity contribution in [2.24, 2.45) is 5.92 Å². The molecule has 0 radical (unpaired) electrons. The lowest BCUT2D eigenvalue weighted by atomic mass is 9.96. The largest absolute Gasteiger partial charge is 0.306 e. The first kappa shape index (κ1) is 20.8. The number of hydrogen-bond donors (Lipinski definition) is 2. The molecular weight excluding hydrogens is 424 g/mol. The first-order chi connectivity index (χ1) is 14.3. The number of piperidine rings is 1. The lowest BCUT2D eigenvalue weighted by molar-refractivity contribution is -0.121. The second-order valence-electron chi connectivity index (χ2n) is 7.41. The Bertz CT molecular complexity index is 1160. The highest BCUT2D eigenvalue weighted by Crippen LogP contribution is 2.30. The molecule has 2 aromatic heterocycles. The van der Waals surface area contributed by atoms with Gasteiger partial charge in [0.25, 0.3) is 10.0 Å². The van der Waals surface area contributed by atoms with Gasteiger partial charge in [-0.1, -0.05) is 11.3 Å². The zero-order chi connectivity index (χ0) is 21.3. The van der Waals surface area contributed by atoms with Gasteiger partial charge in [-0.3, -0.25) is 14.2 Å². The topological polar surface area (TPSA) is 109 Å². The first-order valence-electron chi connectivity index (χ1n) is 9.79. The van der Waals surface area contributed by atoms with Crippen LogP contribution in [0.4, 0.5) is 10.8 Å². The van der Waals surface area contributed by atoms with Gasteiger partial charge in [0.1, 0.15) is 4.90 Å². The molecule has 0 saturated carbocycles. The fourth-order valence-corrected chi connectivity index (χ4v) is 5.30. The van der Waals surface area contributed by atoms with Crippen LogP contribution in [-0.4, -0.2) is 54.1 Å². The molecule has 1 aliphatic heterocycles. The van der Waals surface area contributed by atoms with Crippen LogP contribution in [0.5, 0.6) is 0 Å². The minimum atomic E-state index is -3.73. The maximum absolute atomic E-state index is 12.6. The summed E-state index contributed by atoms with van der Waals surface area (Å²) < 4.78 is 30.1. The van der Waals surface area contributed by atoms with E-state index >= 15 is 0 Å². The summed E-state index contributed by atoms with van der Waals surface area (Å²) in [6, 6.07) is 5.12. The monoisotopic (exact) mass is 448 g/mol. The Morgan fingerprint density at radius 2 is 2.07 bits per heavy atom. The van der Waals surface area contributed by atoms with Gasteiger partial charge >= 0.3 is 0 Å². The molecule has 1 saturated heterocycles.